The van der Waals surface area contributed by atoms with Crippen LogP contribution in [-0.4, -0.2) is 47.5 Å². The van der Waals surface area contributed by atoms with Crippen molar-refractivity contribution in [2.75, 3.05) is 13.2 Å². The molecule has 0 saturated carbocycles. The third-order valence-corrected chi connectivity index (χ3v) is 6.27. The molecule has 0 radical (unpaired) electrons. The van der Waals surface area contributed by atoms with Crippen LogP contribution in [0.1, 0.15) is 74.5 Å². The number of hydrogen-bond acceptors (Lipinski definition) is 7. The van der Waals surface area contributed by atoms with Crippen LogP contribution in [0, 0.1) is 20.8 Å². The number of hydrogen-bond donors (Lipinski definition) is 4. The van der Waals surface area contributed by atoms with E-state index >= 15 is 0 Å². The topological polar surface area (TPSA) is 166 Å². The van der Waals surface area contributed by atoms with Crippen LogP contribution in [0.2, 0.25) is 0 Å². The third kappa shape index (κ3) is 5.42. The molecule has 1 atom stereocenters. The van der Waals surface area contributed by atoms with Gasteiger partial charge < -0.3 is 31.4 Å². The van der Waals surface area contributed by atoms with E-state index in [2.05, 4.69) is 10.3 Å². The van der Waals surface area contributed by atoms with E-state index in [0.29, 0.717) is 34.4 Å². The van der Waals surface area contributed by atoms with E-state index in [-0.39, 0.29) is 53.9 Å². The molecular weight excluding hydrogens is 464 g/mol. The van der Waals surface area contributed by atoms with Crippen molar-refractivity contribution in [2.24, 2.45) is 16.5 Å². The number of ketones is 1. The number of aromatic hydroxyl groups is 1. The lowest BCUT2D eigenvalue weighted by atomic mass is 9.84. The first-order chi connectivity index (χ1) is 16.9. The molecule has 10 nitrogen and oxygen atoms in total. The van der Waals surface area contributed by atoms with Gasteiger partial charge >= 0.3 is 5.97 Å². The Morgan fingerprint density at radius 1 is 1.14 bits per heavy atom. The standard InChI is InChI=1S/C26H32N4O6/c1-6-35-24(34)17-9-16(10-18(11-17)30-25(27)28)23(33)29-8-7-26(5)12-19(31)20-15(4)21(32)13(2)14(3)22(20)36-26/h9-11,32H,6-8,12H2,1-5H3,(H,29,33)(H4,27,28,30). The number of esters is 1. The number of carbonyl (C=O) groups excluding carboxylic acids is 3. The highest BCUT2D eigenvalue weighted by atomic mass is 16.5. The molecule has 2 aromatic rings. The maximum Gasteiger partial charge on any atom is 0.338 e. The third-order valence-electron chi connectivity index (χ3n) is 6.27. The molecule has 1 amide bonds. The van der Waals surface area contributed by atoms with Gasteiger partial charge in [-0.1, -0.05) is 0 Å². The Bertz CT molecular complexity index is 1270. The second-order valence-electron chi connectivity index (χ2n) is 9.11. The monoisotopic (exact) mass is 496 g/mol. The number of carbonyl (C=O) groups is 3. The van der Waals surface area contributed by atoms with E-state index in [9.17, 15) is 19.5 Å². The van der Waals surface area contributed by atoms with Gasteiger partial charge in [-0.05, 0) is 63.9 Å². The molecule has 0 saturated heterocycles. The molecule has 0 aliphatic carbocycles. The number of rotatable bonds is 7. The number of aliphatic imine (C=N–C) groups is 1. The molecule has 0 fully saturated rings. The van der Waals surface area contributed by atoms with E-state index in [4.69, 9.17) is 20.9 Å². The Morgan fingerprint density at radius 2 is 1.81 bits per heavy atom. The largest absolute Gasteiger partial charge is 0.507 e. The van der Waals surface area contributed by atoms with E-state index in [1.807, 2.05) is 6.92 Å². The first-order valence-electron chi connectivity index (χ1n) is 11.6. The maximum absolute atomic E-state index is 13.0. The van der Waals surface area contributed by atoms with Gasteiger partial charge in [-0.2, -0.15) is 0 Å². The van der Waals surface area contributed by atoms with E-state index in [1.54, 1.807) is 27.7 Å². The molecule has 0 spiro atoms. The van der Waals surface area contributed by atoms with Gasteiger partial charge in [0.2, 0.25) is 0 Å². The van der Waals surface area contributed by atoms with Crippen molar-refractivity contribution in [2.45, 2.75) is 53.1 Å². The molecule has 3 rings (SSSR count). The van der Waals surface area contributed by atoms with Crippen molar-refractivity contribution in [1.82, 2.24) is 5.32 Å². The van der Waals surface area contributed by atoms with Crippen LogP contribution < -0.4 is 21.5 Å². The fourth-order valence-electron chi connectivity index (χ4n) is 4.25. The molecule has 1 aliphatic rings. The summed E-state index contributed by atoms with van der Waals surface area (Å²) in [6.07, 6.45) is 0.451. The first kappa shape index (κ1) is 26.5. The second kappa shape index (κ2) is 10.3. The molecule has 0 bridgehead atoms. The summed E-state index contributed by atoms with van der Waals surface area (Å²) in [7, 11) is 0. The summed E-state index contributed by atoms with van der Waals surface area (Å²) in [5, 5.41) is 13.1. The number of nitrogens with two attached hydrogens (primary N) is 2. The summed E-state index contributed by atoms with van der Waals surface area (Å²) in [6, 6.07) is 4.29. The number of amides is 1. The van der Waals surface area contributed by atoms with Gasteiger partial charge in [0.25, 0.3) is 5.91 Å². The van der Waals surface area contributed by atoms with Crippen LogP contribution in [0.4, 0.5) is 5.69 Å². The lowest BCUT2D eigenvalue weighted by Crippen LogP contribution is -2.42. The highest BCUT2D eigenvalue weighted by molar-refractivity contribution is 6.03. The summed E-state index contributed by atoms with van der Waals surface area (Å²) in [5.41, 5.74) is 12.9. The van der Waals surface area contributed by atoms with E-state index < -0.39 is 17.5 Å². The Kier molecular flexibility index (Phi) is 7.57. The van der Waals surface area contributed by atoms with Crippen LogP contribution in [0.3, 0.4) is 0 Å². The quantitative estimate of drug-likeness (QED) is 0.258. The van der Waals surface area contributed by atoms with Gasteiger partial charge in [-0.3, -0.25) is 9.59 Å². The van der Waals surface area contributed by atoms with Crippen LogP contribution in [-0.2, 0) is 4.74 Å². The molecule has 36 heavy (non-hydrogen) atoms. The predicted molar refractivity (Wildman–Crippen MR) is 135 cm³/mol. The Balaban J connectivity index is 1.77. The van der Waals surface area contributed by atoms with Crippen LogP contribution >= 0.6 is 0 Å². The Morgan fingerprint density at radius 3 is 2.44 bits per heavy atom. The van der Waals surface area contributed by atoms with Gasteiger partial charge in [0, 0.05) is 24.1 Å². The first-order valence-corrected chi connectivity index (χ1v) is 11.6. The molecule has 2 aromatic carbocycles. The lowest BCUT2D eigenvalue weighted by Gasteiger charge is -2.37. The SMILES string of the molecule is CCOC(=O)c1cc(N=C(N)N)cc(C(=O)NCCC2(C)CC(=O)c3c(C)c(O)c(C)c(C)c3O2)c1. The number of fused-ring (bicyclic) bond motifs is 1. The zero-order chi connectivity index (χ0) is 26.8. The summed E-state index contributed by atoms with van der Waals surface area (Å²) >= 11 is 0. The van der Waals surface area contributed by atoms with Crippen molar-refractivity contribution in [1.29, 1.82) is 0 Å². The van der Waals surface area contributed by atoms with Gasteiger partial charge in [-0.25, -0.2) is 9.79 Å². The highest BCUT2D eigenvalue weighted by Gasteiger charge is 2.39. The smallest absolute Gasteiger partial charge is 0.338 e. The predicted octanol–water partition coefficient (Wildman–Crippen LogP) is 2.94. The number of Topliss-reactive ketones (excluding diaryl/α,β-unsaturated/α-hetero) is 1. The van der Waals surface area contributed by atoms with Gasteiger partial charge in [0.05, 0.1) is 29.8 Å². The maximum atomic E-state index is 13.0. The summed E-state index contributed by atoms with van der Waals surface area (Å²) in [6.45, 7) is 9.15. The molecule has 1 aliphatic heterocycles. The minimum atomic E-state index is -0.853. The number of phenols is 1. The lowest BCUT2D eigenvalue weighted by molar-refractivity contribution is 0.0460. The normalized spacial score (nSPS) is 16.5. The number of guanidine groups is 1. The number of phenolic OH excluding ortho intramolecular Hbond substituents is 1. The zero-order valence-electron chi connectivity index (χ0n) is 21.2. The molecule has 1 heterocycles. The van der Waals surface area contributed by atoms with Crippen LogP contribution in [0.5, 0.6) is 11.5 Å². The van der Waals surface area contributed by atoms with Crippen molar-refractivity contribution in [3.63, 3.8) is 0 Å². The fraction of sp³-hybridized carbons (Fsp3) is 0.385. The molecule has 6 N–H and O–H groups in total. The molecule has 192 valence electrons. The van der Waals surface area contributed by atoms with Crippen LogP contribution in [0.25, 0.3) is 0 Å². The second-order valence-corrected chi connectivity index (χ2v) is 9.11. The van der Waals surface area contributed by atoms with Gasteiger partial charge in [-0.15, -0.1) is 0 Å². The number of ether oxygens (including phenoxy) is 2. The summed E-state index contributed by atoms with van der Waals surface area (Å²) in [4.78, 5) is 42.0. The average molecular weight is 497 g/mol. The van der Waals surface area contributed by atoms with E-state index in [0.717, 1.165) is 0 Å². The number of nitrogens with zero attached hydrogens (tertiary/aromatic N) is 1. The zero-order valence-corrected chi connectivity index (χ0v) is 21.2. The Labute approximate surface area is 209 Å². The molecule has 0 aromatic heterocycles. The van der Waals surface area contributed by atoms with E-state index in [1.165, 1.54) is 18.2 Å². The summed E-state index contributed by atoms with van der Waals surface area (Å²) < 4.78 is 11.3. The van der Waals surface area contributed by atoms with Gasteiger partial charge in [0.15, 0.2) is 11.7 Å². The highest BCUT2D eigenvalue weighted by Crippen LogP contribution is 2.43. The Hall–Kier alpha value is -4.08. The van der Waals surface area contributed by atoms with Crippen LogP contribution in [0.15, 0.2) is 23.2 Å². The van der Waals surface area contributed by atoms with Crippen molar-refractivity contribution in [3.8, 4) is 11.5 Å². The van der Waals surface area contributed by atoms with Crippen molar-refractivity contribution in [3.05, 3.63) is 51.6 Å². The number of nitrogens with one attached hydrogen (secondary N) is 1. The average Bonchev–Trinajstić information content (AvgIpc) is 2.80. The number of benzene rings is 2. The molecule has 10 heteroatoms. The molecular formula is C26H32N4O6. The fourth-order valence-corrected chi connectivity index (χ4v) is 4.25. The minimum Gasteiger partial charge on any atom is -0.507 e. The van der Waals surface area contributed by atoms with Crippen molar-refractivity contribution >= 4 is 29.3 Å². The summed E-state index contributed by atoms with van der Waals surface area (Å²) in [5.74, 6) is -0.825. The minimum absolute atomic E-state index is 0.101. The molecule has 1 unspecified atom stereocenters. The van der Waals surface area contributed by atoms with Crippen molar-refractivity contribution < 1.29 is 29.0 Å². The van der Waals surface area contributed by atoms with Gasteiger partial charge in [0.1, 0.15) is 17.1 Å².